The summed E-state index contributed by atoms with van der Waals surface area (Å²) in [6, 6.07) is 24.4. The Morgan fingerprint density at radius 1 is 0.964 bits per heavy atom. The lowest BCUT2D eigenvalue weighted by Gasteiger charge is -2.07. The van der Waals surface area contributed by atoms with Crippen molar-refractivity contribution in [3.63, 3.8) is 0 Å². The molecular weight excluding hydrogens is 366 g/mol. The van der Waals surface area contributed by atoms with Gasteiger partial charge in [0.15, 0.2) is 10.6 Å². The van der Waals surface area contributed by atoms with Crippen LogP contribution in [0.15, 0.2) is 100.0 Å². The number of hydrogen-bond donors (Lipinski definition) is 0. The van der Waals surface area contributed by atoms with E-state index in [-0.39, 0.29) is 0 Å². The molecule has 0 saturated heterocycles. The second-order valence-electron chi connectivity index (χ2n) is 6.45. The number of furan rings is 1. The van der Waals surface area contributed by atoms with Crippen molar-refractivity contribution in [1.82, 2.24) is 9.55 Å². The lowest BCUT2D eigenvalue weighted by Crippen LogP contribution is -2.16. The van der Waals surface area contributed by atoms with Crippen LogP contribution < -0.4 is 4.80 Å². The van der Waals surface area contributed by atoms with E-state index in [1.54, 1.807) is 23.7 Å². The summed E-state index contributed by atoms with van der Waals surface area (Å²) in [6.07, 6.45) is 3.53. The number of para-hydroxylation sites is 1. The fraction of sp³-hybridized carbons (Fsp3) is 0.0435. The molecule has 0 fully saturated rings. The van der Waals surface area contributed by atoms with Crippen LogP contribution in [0.5, 0.6) is 0 Å². The second kappa shape index (κ2) is 7.29. The van der Waals surface area contributed by atoms with Crippen LogP contribution in [0.1, 0.15) is 5.56 Å². The minimum Gasteiger partial charge on any atom is -0.454 e. The monoisotopic (exact) mass is 383 g/mol. The number of pyridine rings is 1. The molecule has 2 aromatic carbocycles. The van der Waals surface area contributed by atoms with Gasteiger partial charge in [-0.25, -0.2) is 4.99 Å². The van der Waals surface area contributed by atoms with Crippen LogP contribution >= 0.6 is 11.3 Å². The van der Waals surface area contributed by atoms with Crippen LogP contribution in [0.25, 0.3) is 22.4 Å². The van der Waals surface area contributed by atoms with Crippen molar-refractivity contribution in [2.24, 2.45) is 4.99 Å². The van der Waals surface area contributed by atoms with Crippen LogP contribution in [0.3, 0.4) is 0 Å². The molecule has 0 amide bonds. The molecule has 5 rings (SSSR count). The summed E-state index contributed by atoms with van der Waals surface area (Å²) in [6.45, 7) is 0.718. The largest absolute Gasteiger partial charge is 0.454 e. The number of benzene rings is 2. The molecule has 3 heterocycles. The van der Waals surface area contributed by atoms with E-state index in [0.29, 0.717) is 0 Å². The SMILES string of the molecule is c1ccc(Cn2c(-c3cc4ccccc4o3)csc2=Nc2cccnc2)cc1. The number of fused-ring (bicyclic) bond motifs is 1. The second-order valence-corrected chi connectivity index (χ2v) is 7.28. The minimum absolute atomic E-state index is 0.718. The Bertz CT molecular complexity index is 1250. The highest BCUT2D eigenvalue weighted by Crippen LogP contribution is 2.28. The van der Waals surface area contributed by atoms with E-state index in [4.69, 9.17) is 9.41 Å². The lowest BCUT2D eigenvalue weighted by atomic mass is 10.2. The van der Waals surface area contributed by atoms with Gasteiger partial charge in [0, 0.05) is 17.0 Å². The van der Waals surface area contributed by atoms with Gasteiger partial charge in [-0.2, -0.15) is 0 Å². The average Bonchev–Trinajstić information content (AvgIpc) is 3.34. The molecule has 28 heavy (non-hydrogen) atoms. The van der Waals surface area contributed by atoms with Gasteiger partial charge in [0.2, 0.25) is 0 Å². The molecule has 0 aliphatic heterocycles. The van der Waals surface area contributed by atoms with Crippen LogP contribution in [-0.2, 0) is 6.54 Å². The quantitative estimate of drug-likeness (QED) is 0.403. The standard InChI is InChI=1S/C23H17N3OS/c1-2-7-17(8-3-1)15-26-20(22-13-18-9-4-5-11-21(18)27-22)16-28-23(26)25-19-10-6-12-24-14-19/h1-14,16H,15H2. The van der Waals surface area contributed by atoms with Crippen molar-refractivity contribution >= 4 is 28.0 Å². The van der Waals surface area contributed by atoms with Crippen molar-refractivity contribution in [3.8, 4) is 11.5 Å². The fourth-order valence-electron chi connectivity index (χ4n) is 3.17. The maximum atomic E-state index is 6.13. The molecule has 0 aliphatic carbocycles. The van der Waals surface area contributed by atoms with Gasteiger partial charge in [0.1, 0.15) is 5.58 Å². The normalized spacial score (nSPS) is 11.9. The Balaban J connectivity index is 1.67. The molecule has 4 nitrogen and oxygen atoms in total. The van der Waals surface area contributed by atoms with E-state index in [2.05, 4.69) is 51.3 Å². The molecule has 0 atom stereocenters. The predicted molar refractivity (Wildman–Crippen MR) is 113 cm³/mol. The summed E-state index contributed by atoms with van der Waals surface area (Å²) in [5, 5.41) is 3.20. The predicted octanol–water partition coefficient (Wildman–Crippen LogP) is 5.64. The first-order valence-corrected chi connectivity index (χ1v) is 9.91. The lowest BCUT2D eigenvalue weighted by molar-refractivity contribution is 0.618. The average molecular weight is 383 g/mol. The van der Waals surface area contributed by atoms with Gasteiger partial charge in [-0.3, -0.25) is 4.98 Å². The van der Waals surface area contributed by atoms with E-state index >= 15 is 0 Å². The van der Waals surface area contributed by atoms with Crippen LogP contribution in [-0.4, -0.2) is 9.55 Å². The third-order valence-corrected chi connectivity index (χ3v) is 5.39. The van der Waals surface area contributed by atoms with Crippen molar-refractivity contribution in [3.05, 3.63) is 101 Å². The van der Waals surface area contributed by atoms with E-state index in [0.717, 1.165) is 39.5 Å². The van der Waals surface area contributed by atoms with Crippen molar-refractivity contribution in [2.75, 3.05) is 0 Å². The van der Waals surface area contributed by atoms with Gasteiger partial charge in [0.25, 0.3) is 0 Å². The van der Waals surface area contributed by atoms with Gasteiger partial charge >= 0.3 is 0 Å². The van der Waals surface area contributed by atoms with Crippen molar-refractivity contribution in [1.29, 1.82) is 0 Å². The van der Waals surface area contributed by atoms with Gasteiger partial charge in [0.05, 0.1) is 24.1 Å². The summed E-state index contributed by atoms with van der Waals surface area (Å²) < 4.78 is 8.33. The summed E-state index contributed by atoms with van der Waals surface area (Å²) in [5.41, 5.74) is 3.96. The Labute approximate surface area is 166 Å². The molecule has 5 heteroatoms. The minimum atomic E-state index is 0.718. The van der Waals surface area contributed by atoms with Crippen molar-refractivity contribution in [2.45, 2.75) is 6.54 Å². The summed E-state index contributed by atoms with van der Waals surface area (Å²) in [7, 11) is 0. The Hall–Kier alpha value is -3.44. The zero-order chi connectivity index (χ0) is 18.8. The molecule has 0 saturated carbocycles. The van der Waals surface area contributed by atoms with Gasteiger partial charge in [-0.15, -0.1) is 11.3 Å². The topological polar surface area (TPSA) is 43.3 Å². The first-order valence-electron chi connectivity index (χ1n) is 9.03. The number of thiazole rings is 1. The zero-order valence-electron chi connectivity index (χ0n) is 15.0. The van der Waals surface area contributed by atoms with E-state index < -0.39 is 0 Å². The highest BCUT2D eigenvalue weighted by Gasteiger charge is 2.13. The number of rotatable bonds is 4. The molecule has 136 valence electrons. The molecular formula is C23H17N3OS. The summed E-state index contributed by atoms with van der Waals surface area (Å²) in [4.78, 5) is 9.90. The smallest absolute Gasteiger partial charge is 0.190 e. The van der Waals surface area contributed by atoms with E-state index in [1.807, 2.05) is 36.4 Å². The summed E-state index contributed by atoms with van der Waals surface area (Å²) >= 11 is 1.60. The third-order valence-electron chi connectivity index (χ3n) is 4.53. The van der Waals surface area contributed by atoms with Crippen LogP contribution in [0.4, 0.5) is 5.69 Å². The van der Waals surface area contributed by atoms with Crippen LogP contribution in [0, 0.1) is 0 Å². The molecule has 0 unspecified atom stereocenters. The maximum absolute atomic E-state index is 6.13. The molecule has 3 aromatic heterocycles. The first kappa shape index (κ1) is 16.7. The van der Waals surface area contributed by atoms with E-state index in [9.17, 15) is 0 Å². The number of aromatic nitrogens is 2. The Kier molecular flexibility index (Phi) is 4.35. The molecule has 0 aliphatic rings. The fourth-order valence-corrected chi connectivity index (χ4v) is 4.08. The highest BCUT2D eigenvalue weighted by atomic mass is 32.1. The molecule has 0 spiro atoms. The third kappa shape index (κ3) is 3.28. The first-order chi connectivity index (χ1) is 13.9. The Morgan fingerprint density at radius 3 is 2.64 bits per heavy atom. The Morgan fingerprint density at radius 2 is 1.82 bits per heavy atom. The molecule has 0 radical (unpaired) electrons. The maximum Gasteiger partial charge on any atom is 0.190 e. The molecule has 0 bridgehead atoms. The van der Waals surface area contributed by atoms with Gasteiger partial charge in [-0.1, -0.05) is 48.5 Å². The summed E-state index contributed by atoms with van der Waals surface area (Å²) in [5.74, 6) is 0.848. The van der Waals surface area contributed by atoms with Crippen LogP contribution in [0.2, 0.25) is 0 Å². The highest BCUT2D eigenvalue weighted by molar-refractivity contribution is 7.07. The van der Waals surface area contributed by atoms with Gasteiger partial charge < -0.3 is 8.98 Å². The number of hydrogen-bond acceptors (Lipinski definition) is 4. The molecule has 0 N–H and O–H groups in total. The van der Waals surface area contributed by atoms with Crippen molar-refractivity contribution < 1.29 is 4.42 Å². The number of nitrogens with zero attached hydrogens (tertiary/aromatic N) is 3. The molecule has 5 aromatic rings. The van der Waals surface area contributed by atoms with E-state index in [1.165, 1.54) is 5.56 Å². The zero-order valence-corrected chi connectivity index (χ0v) is 15.8. The van der Waals surface area contributed by atoms with Gasteiger partial charge in [-0.05, 0) is 29.8 Å².